The molecule has 2 amide bonds. The fraction of sp³-hybridized carbons (Fsp3) is 0.450. The maximum atomic E-state index is 12.4. The minimum absolute atomic E-state index is 0.0325. The fourth-order valence-corrected chi connectivity index (χ4v) is 3.59. The Bertz CT molecular complexity index is 787. The fourth-order valence-electron chi connectivity index (χ4n) is 3.59. The Morgan fingerprint density at radius 2 is 1.84 bits per heavy atom. The quantitative estimate of drug-likeness (QED) is 0.931. The van der Waals surface area contributed by atoms with Crippen LogP contribution in [0.25, 0.3) is 10.9 Å². The van der Waals surface area contributed by atoms with Gasteiger partial charge in [-0.15, -0.1) is 0 Å². The molecule has 0 unspecified atom stereocenters. The van der Waals surface area contributed by atoms with Gasteiger partial charge >= 0.3 is 0 Å². The number of carbonyl (C=O) groups is 2. The van der Waals surface area contributed by atoms with E-state index in [0.717, 1.165) is 55.2 Å². The molecule has 25 heavy (non-hydrogen) atoms. The molecular formula is C20H23N3O2. The number of nitrogens with one attached hydrogen (secondary N) is 1. The van der Waals surface area contributed by atoms with E-state index in [4.69, 9.17) is 0 Å². The number of nitrogens with zero attached hydrogens (tertiary/aromatic N) is 2. The van der Waals surface area contributed by atoms with Crippen LogP contribution in [0.2, 0.25) is 0 Å². The first-order valence-corrected chi connectivity index (χ1v) is 9.11. The first-order valence-electron chi connectivity index (χ1n) is 9.11. The lowest BCUT2D eigenvalue weighted by Gasteiger charge is -2.32. The maximum Gasteiger partial charge on any atom is 0.225 e. The van der Waals surface area contributed by atoms with Crippen LogP contribution in [0.4, 0.5) is 0 Å². The van der Waals surface area contributed by atoms with Gasteiger partial charge in [-0.25, -0.2) is 0 Å². The third kappa shape index (κ3) is 3.65. The smallest absolute Gasteiger partial charge is 0.225 e. The Morgan fingerprint density at radius 3 is 2.60 bits per heavy atom. The molecule has 1 saturated carbocycles. The molecule has 1 N–H and O–H groups in total. The summed E-state index contributed by atoms with van der Waals surface area (Å²) in [7, 11) is 0. The molecule has 2 heterocycles. The van der Waals surface area contributed by atoms with E-state index in [9.17, 15) is 9.59 Å². The summed E-state index contributed by atoms with van der Waals surface area (Å²) in [4.78, 5) is 30.9. The number of likely N-dealkylation sites (tertiary alicyclic amines) is 1. The van der Waals surface area contributed by atoms with Crippen molar-refractivity contribution in [2.75, 3.05) is 13.1 Å². The molecule has 5 heteroatoms. The summed E-state index contributed by atoms with van der Waals surface area (Å²) >= 11 is 0. The number of carbonyl (C=O) groups excluding carboxylic acids is 2. The number of amides is 2. The van der Waals surface area contributed by atoms with Crippen LogP contribution in [0.15, 0.2) is 36.5 Å². The summed E-state index contributed by atoms with van der Waals surface area (Å²) in [5.41, 5.74) is 1.85. The number of para-hydroxylation sites is 1. The average molecular weight is 337 g/mol. The molecule has 2 fully saturated rings. The highest BCUT2D eigenvalue weighted by atomic mass is 16.2. The molecule has 2 aliphatic rings. The number of pyridine rings is 1. The molecule has 130 valence electrons. The van der Waals surface area contributed by atoms with Gasteiger partial charge in [-0.1, -0.05) is 24.3 Å². The first-order chi connectivity index (χ1) is 12.2. The summed E-state index contributed by atoms with van der Waals surface area (Å²) in [5.74, 6) is 0.627. The summed E-state index contributed by atoms with van der Waals surface area (Å²) in [6, 6.07) is 10.0. The molecule has 0 atom stereocenters. The number of rotatable bonds is 4. The zero-order valence-corrected chi connectivity index (χ0v) is 14.3. The summed E-state index contributed by atoms with van der Waals surface area (Å²) in [5, 5.41) is 4.19. The lowest BCUT2D eigenvalue weighted by Crippen LogP contribution is -2.47. The van der Waals surface area contributed by atoms with Crippen LogP contribution in [0.3, 0.4) is 0 Å². The first kappa shape index (κ1) is 16.1. The van der Waals surface area contributed by atoms with Crippen molar-refractivity contribution in [3.63, 3.8) is 0 Å². The van der Waals surface area contributed by atoms with Gasteiger partial charge in [0.15, 0.2) is 0 Å². The Labute approximate surface area is 147 Å². The van der Waals surface area contributed by atoms with Crippen molar-refractivity contribution in [3.8, 4) is 0 Å². The van der Waals surface area contributed by atoms with Crippen LogP contribution < -0.4 is 5.32 Å². The molecule has 4 rings (SSSR count). The minimum atomic E-state index is 0.0325. The molecule has 2 aromatic rings. The van der Waals surface area contributed by atoms with E-state index in [2.05, 4.69) is 10.3 Å². The van der Waals surface area contributed by atoms with Crippen molar-refractivity contribution in [1.29, 1.82) is 0 Å². The highest BCUT2D eigenvalue weighted by Gasteiger charge is 2.35. The van der Waals surface area contributed by atoms with Crippen molar-refractivity contribution in [2.45, 2.75) is 38.1 Å². The third-order valence-electron chi connectivity index (χ3n) is 5.17. The number of benzene rings is 1. The number of hydrogen-bond acceptors (Lipinski definition) is 3. The maximum absolute atomic E-state index is 12.4. The molecule has 0 radical (unpaired) electrons. The summed E-state index contributed by atoms with van der Waals surface area (Å²) in [6.45, 7) is 1.52. The van der Waals surface area contributed by atoms with E-state index >= 15 is 0 Å². The van der Waals surface area contributed by atoms with Crippen LogP contribution in [0.1, 0.15) is 31.2 Å². The molecule has 0 bridgehead atoms. The Kier molecular flexibility index (Phi) is 4.38. The predicted octanol–water partition coefficient (Wildman–Crippen LogP) is 2.29. The zero-order chi connectivity index (χ0) is 17.2. The second-order valence-electron chi connectivity index (χ2n) is 7.11. The molecule has 1 aliphatic heterocycles. The second-order valence-corrected chi connectivity index (χ2v) is 7.11. The Morgan fingerprint density at radius 1 is 1.08 bits per heavy atom. The molecule has 1 aromatic heterocycles. The van der Waals surface area contributed by atoms with E-state index in [1.807, 2.05) is 35.2 Å². The van der Waals surface area contributed by atoms with Gasteiger partial charge in [0.1, 0.15) is 0 Å². The predicted molar refractivity (Wildman–Crippen MR) is 95.9 cm³/mol. The van der Waals surface area contributed by atoms with Gasteiger partial charge in [0, 0.05) is 36.6 Å². The number of aromatic nitrogens is 1. The largest absolute Gasteiger partial charge is 0.353 e. The van der Waals surface area contributed by atoms with Crippen LogP contribution in [-0.2, 0) is 16.0 Å². The van der Waals surface area contributed by atoms with Crippen molar-refractivity contribution in [2.24, 2.45) is 5.92 Å². The Balaban J connectivity index is 1.32. The lowest BCUT2D eigenvalue weighted by molar-refractivity contribution is -0.133. The van der Waals surface area contributed by atoms with Gasteiger partial charge in [-0.05, 0) is 37.3 Å². The summed E-state index contributed by atoms with van der Waals surface area (Å²) in [6.07, 6.45) is 5.89. The molecule has 1 aliphatic carbocycles. The van der Waals surface area contributed by atoms with Crippen LogP contribution in [-0.4, -0.2) is 40.8 Å². The minimum Gasteiger partial charge on any atom is -0.353 e. The van der Waals surface area contributed by atoms with Crippen molar-refractivity contribution < 1.29 is 9.59 Å². The molecule has 1 saturated heterocycles. The topological polar surface area (TPSA) is 62.3 Å². The van der Waals surface area contributed by atoms with Crippen molar-refractivity contribution in [1.82, 2.24) is 15.2 Å². The van der Waals surface area contributed by atoms with E-state index in [1.165, 1.54) is 0 Å². The van der Waals surface area contributed by atoms with E-state index in [0.29, 0.717) is 12.3 Å². The van der Waals surface area contributed by atoms with E-state index in [1.54, 1.807) is 6.20 Å². The van der Waals surface area contributed by atoms with Crippen LogP contribution in [0.5, 0.6) is 0 Å². The molecular weight excluding hydrogens is 314 g/mol. The third-order valence-corrected chi connectivity index (χ3v) is 5.17. The molecule has 1 aromatic carbocycles. The number of piperidine rings is 1. The van der Waals surface area contributed by atoms with E-state index < -0.39 is 0 Å². The molecule has 5 nitrogen and oxygen atoms in total. The average Bonchev–Trinajstić information content (AvgIpc) is 3.47. The van der Waals surface area contributed by atoms with Crippen LogP contribution in [0, 0.1) is 5.92 Å². The van der Waals surface area contributed by atoms with Gasteiger partial charge in [0.05, 0.1) is 11.9 Å². The van der Waals surface area contributed by atoms with Gasteiger partial charge < -0.3 is 10.2 Å². The Hall–Kier alpha value is -2.43. The normalized spacial score (nSPS) is 18.3. The van der Waals surface area contributed by atoms with Crippen LogP contribution >= 0.6 is 0 Å². The standard InChI is InChI=1S/C20H23N3O2/c24-18(13-16-4-1-3-14-5-2-10-21-19(14)16)22-17-8-11-23(12-9-17)20(25)15-6-7-15/h1-5,10,15,17H,6-9,11-13H2,(H,22,24). The summed E-state index contributed by atoms with van der Waals surface area (Å²) < 4.78 is 0. The highest BCUT2D eigenvalue weighted by molar-refractivity contribution is 5.87. The second kappa shape index (κ2) is 6.82. The van der Waals surface area contributed by atoms with E-state index in [-0.39, 0.29) is 17.9 Å². The molecule has 0 spiro atoms. The zero-order valence-electron chi connectivity index (χ0n) is 14.3. The van der Waals surface area contributed by atoms with Crippen molar-refractivity contribution >= 4 is 22.7 Å². The van der Waals surface area contributed by atoms with Crippen molar-refractivity contribution in [3.05, 3.63) is 42.1 Å². The highest BCUT2D eigenvalue weighted by Crippen LogP contribution is 2.31. The van der Waals surface area contributed by atoms with Gasteiger partial charge in [-0.2, -0.15) is 0 Å². The van der Waals surface area contributed by atoms with Gasteiger partial charge in [0.2, 0.25) is 11.8 Å². The number of hydrogen-bond donors (Lipinski definition) is 1. The lowest BCUT2D eigenvalue weighted by atomic mass is 10.0. The SMILES string of the molecule is O=C(Cc1cccc2cccnc12)NC1CCN(C(=O)C2CC2)CC1. The monoisotopic (exact) mass is 337 g/mol. The van der Waals surface area contributed by atoms with Gasteiger partial charge in [0.25, 0.3) is 0 Å². The van der Waals surface area contributed by atoms with Gasteiger partial charge in [-0.3, -0.25) is 14.6 Å². The number of fused-ring (bicyclic) bond motifs is 1.